The summed E-state index contributed by atoms with van der Waals surface area (Å²) in [6.07, 6.45) is 1.63. The SMILES string of the molecule is COc1ccc(CN=C2NC(=O)/C(=C/c3ccc(O)c(O)c3)S2)cc1. The van der Waals surface area contributed by atoms with E-state index >= 15 is 0 Å². The van der Waals surface area contributed by atoms with Crippen LogP contribution in [0.15, 0.2) is 52.4 Å². The Hall–Kier alpha value is -2.93. The topological polar surface area (TPSA) is 91.2 Å². The van der Waals surface area contributed by atoms with E-state index in [1.165, 1.54) is 23.9 Å². The lowest BCUT2D eigenvalue weighted by molar-refractivity contribution is -0.115. The zero-order valence-corrected chi connectivity index (χ0v) is 14.2. The van der Waals surface area contributed by atoms with Crippen LogP contribution in [0.5, 0.6) is 17.2 Å². The minimum Gasteiger partial charge on any atom is -0.504 e. The van der Waals surface area contributed by atoms with E-state index in [4.69, 9.17) is 4.74 Å². The van der Waals surface area contributed by atoms with Gasteiger partial charge in [0.25, 0.3) is 5.91 Å². The summed E-state index contributed by atoms with van der Waals surface area (Å²) in [6, 6.07) is 11.9. The second-order valence-corrected chi connectivity index (χ2v) is 6.31. The Bertz CT molecular complexity index is 860. The summed E-state index contributed by atoms with van der Waals surface area (Å²) in [6.45, 7) is 0.444. The standard InChI is InChI=1S/C18H16N2O4S/c1-24-13-5-2-11(3-6-13)10-19-18-20-17(23)16(25-18)9-12-4-7-14(21)15(22)8-12/h2-9,21-22H,10H2,1H3,(H,19,20,23)/b16-9-. The van der Waals surface area contributed by atoms with Gasteiger partial charge in [-0.3, -0.25) is 9.79 Å². The fourth-order valence-corrected chi connectivity index (χ4v) is 3.00. The average Bonchev–Trinajstić information content (AvgIpc) is 2.96. The Labute approximate surface area is 148 Å². The molecule has 0 saturated carbocycles. The number of benzene rings is 2. The van der Waals surface area contributed by atoms with E-state index in [-0.39, 0.29) is 17.4 Å². The maximum Gasteiger partial charge on any atom is 0.264 e. The molecule has 1 amide bonds. The number of nitrogens with zero attached hydrogens (tertiary/aromatic N) is 1. The zero-order valence-electron chi connectivity index (χ0n) is 13.4. The molecule has 1 aliphatic rings. The fourth-order valence-electron chi connectivity index (χ4n) is 2.18. The van der Waals surface area contributed by atoms with Crippen molar-refractivity contribution in [3.63, 3.8) is 0 Å². The van der Waals surface area contributed by atoms with E-state index in [0.717, 1.165) is 11.3 Å². The van der Waals surface area contributed by atoms with Crippen LogP contribution in [0.2, 0.25) is 0 Å². The first-order valence-corrected chi connectivity index (χ1v) is 8.27. The van der Waals surface area contributed by atoms with Crippen molar-refractivity contribution in [2.75, 3.05) is 7.11 Å². The summed E-state index contributed by atoms with van der Waals surface area (Å²) in [7, 11) is 1.61. The summed E-state index contributed by atoms with van der Waals surface area (Å²) in [5, 5.41) is 22.1. The molecule has 0 bridgehead atoms. The van der Waals surface area contributed by atoms with Gasteiger partial charge in [-0.25, -0.2) is 0 Å². The molecular formula is C18H16N2O4S. The molecule has 1 saturated heterocycles. The van der Waals surface area contributed by atoms with Crippen LogP contribution in [0, 0.1) is 0 Å². The number of amidine groups is 1. The normalized spacial score (nSPS) is 17.1. The highest BCUT2D eigenvalue weighted by atomic mass is 32.2. The van der Waals surface area contributed by atoms with Gasteiger partial charge in [0, 0.05) is 0 Å². The van der Waals surface area contributed by atoms with Gasteiger partial charge in [0.15, 0.2) is 16.7 Å². The molecular weight excluding hydrogens is 340 g/mol. The molecule has 128 valence electrons. The number of phenolic OH excluding ortho intramolecular Hbond substituents is 2. The van der Waals surface area contributed by atoms with Crippen LogP contribution in [0.3, 0.4) is 0 Å². The zero-order chi connectivity index (χ0) is 17.8. The Morgan fingerprint density at radius 2 is 1.92 bits per heavy atom. The van der Waals surface area contributed by atoms with Crippen LogP contribution in [0.4, 0.5) is 0 Å². The van der Waals surface area contributed by atoms with E-state index in [9.17, 15) is 15.0 Å². The maximum absolute atomic E-state index is 12.0. The van der Waals surface area contributed by atoms with Crippen molar-refractivity contribution in [3.05, 3.63) is 58.5 Å². The monoisotopic (exact) mass is 356 g/mol. The number of ether oxygens (including phenoxy) is 1. The number of rotatable bonds is 4. The van der Waals surface area contributed by atoms with Crippen LogP contribution >= 0.6 is 11.8 Å². The molecule has 0 spiro atoms. The molecule has 2 aromatic rings. The fraction of sp³-hybridized carbons (Fsp3) is 0.111. The number of hydrogen-bond acceptors (Lipinski definition) is 6. The van der Waals surface area contributed by atoms with Crippen molar-refractivity contribution in [2.45, 2.75) is 6.54 Å². The molecule has 1 aliphatic heterocycles. The highest BCUT2D eigenvalue weighted by Gasteiger charge is 2.23. The molecule has 0 aromatic heterocycles. The summed E-state index contributed by atoms with van der Waals surface area (Å²) >= 11 is 1.23. The number of aliphatic imine (C=N–C) groups is 1. The third kappa shape index (κ3) is 4.13. The number of nitrogens with one attached hydrogen (secondary N) is 1. The van der Waals surface area contributed by atoms with Crippen molar-refractivity contribution in [1.29, 1.82) is 0 Å². The molecule has 0 radical (unpaired) electrons. The number of phenols is 2. The van der Waals surface area contributed by atoms with Crippen molar-refractivity contribution >= 4 is 28.9 Å². The lowest BCUT2D eigenvalue weighted by atomic mass is 10.2. The first kappa shape index (κ1) is 16.9. The van der Waals surface area contributed by atoms with Crippen LogP contribution in [0.1, 0.15) is 11.1 Å². The van der Waals surface area contributed by atoms with Gasteiger partial charge >= 0.3 is 0 Å². The molecule has 7 heteroatoms. The van der Waals surface area contributed by atoms with E-state index < -0.39 is 0 Å². The number of thioether (sulfide) groups is 1. The highest BCUT2D eigenvalue weighted by molar-refractivity contribution is 8.18. The molecule has 6 nitrogen and oxygen atoms in total. The van der Waals surface area contributed by atoms with Crippen molar-refractivity contribution in [2.24, 2.45) is 4.99 Å². The predicted molar refractivity (Wildman–Crippen MR) is 97.6 cm³/mol. The van der Waals surface area contributed by atoms with Gasteiger partial charge < -0.3 is 20.3 Å². The average molecular weight is 356 g/mol. The van der Waals surface area contributed by atoms with Gasteiger partial charge in [0.1, 0.15) is 5.75 Å². The van der Waals surface area contributed by atoms with Gasteiger partial charge in [0.05, 0.1) is 18.6 Å². The molecule has 0 unspecified atom stereocenters. The van der Waals surface area contributed by atoms with Crippen LogP contribution in [-0.4, -0.2) is 28.4 Å². The van der Waals surface area contributed by atoms with Crippen molar-refractivity contribution in [1.82, 2.24) is 5.32 Å². The number of carbonyl (C=O) groups excluding carboxylic acids is 1. The molecule has 1 heterocycles. The first-order valence-electron chi connectivity index (χ1n) is 7.45. The Morgan fingerprint density at radius 1 is 1.16 bits per heavy atom. The quantitative estimate of drug-likeness (QED) is 0.579. The molecule has 3 N–H and O–H groups in total. The van der Waals surface area contributed by atoms with Gasteiger partial charge in [-0.05, 0) is 53.2 Å². The molecule has 3 rings (SSSR count). The summed E-state index contributed by atoms with van der Waals surface area (Å²) in [4.78, 5) is 16.9. The smallest absolute Gasteiger partial charge is 0.264 e. The van der Waals surface area contributed by atoms with Gasteiger partial charge in [0.2, 0.25) is 0 Å². The number of aromatic hydroxyl groups is 2. The molecule has 2 aromatic carbocycles. The number of amides is 1. The van der Waals surface area contributed by atoms with Gasteiger partial charge in [-0.1, -0.05) is 18.2 Å². The van der Waals surface area contributed by atoms with E-state index in [2.05, 4.69) is 10.3 Å². The molecule has 1 fully saturated rings. The van der Waals surface area contributed by atoms with Crippen molar-refractivity contribution < 1.29 is 19.7 Å². The summed E-state index contributed by atoms with van der Waals surface area (Å²) < 4.78 is 5.11. The minimum atomic E-state index is -0.244. The number of methoxy groups -OCH3 is 1. The molecule has 0 aliphatic carbocycles. The summed E-state index contributed by atoms with van der Waals surface area (Å²) in [5.41, 5.74) is 1.62. The second-order valence-electron chi connectivity index (χ2n) is 5.28. The minimum absolute atomic E-state index is 0.201. The molecule has 25 heavy (non-hydrogen) atoms. The molecule has 0 atom stereocenters. The number of carbonyl (C=O) groups is 1. The summed E-state index contributed by atoms with van der Waals surface area (Å²) in [5.74, 6) is 0.104. The lowest BCUT2D eigenvalue weighted by Gasteiger charge is -2.01. The van der Waals surface area contributed by atoms with E-state index in [1.54, 1.807) is 19.3 Å². The Kier molecular flexibility index (Phi) is 4.95. The largest absolute Gasteiger partial charge is 0.504 e. The highest BCUT2D eigenvalue weighted by Crippen LogP contribution is 2.30. The Morgan fingerprint density at radius 3 is 2.60 bits per heavy atom. The van der Waals surface area contributed by atoms with Crippen LogP contribution < -0.4 is 10.1 Å². The second kappa shape index (κ2) is 7.31. The van der Waals surface area contributed by atoms with Gasteiger partial charge in [-0.15, -0.1) is 0 Å². The third-order valence-electron chi connectivity index (χ3n) is 3.51. The van der Waals surface area contributed by atoms with Gasteiger partial charge in [-0.2, -0.15) is 0 Å². The van der Waals surface area contributed by atoms with Crippen LogP contribution in [-0.2, 0) is 11.3 Å². The van der Waals surface area contributed by atoms with E-state index in [0.29, 0.717) is 22.2 Å². The Balaban J connectivity index is 1.70. The predicted octanol–water partition coefficient (Wildman–Crippen LogP) is 2.87. The van der Waals surface area contributed by atoms with Crippen molar-refractivity contribution in [3.8, 4) is 17.2 Å². The lowest BCUT2D eigenvalue weighted by Crippen LogP contribution is -2.19. The third-order valence-corrected chi connectivity index (χ3v) is 4.46. The number of hydrogen-bond donors (Lipinski definition) is 3. The first-order chi connectivity index (χ1) is 12.0. The maximum atomic E-state index is 12.0. The van der Waals surface area contributed by atoms with Crippen LogP contribution in [0.25, 0.3) is 6.08 Å². The van der Waals surface area contributed by atoms with E-state index in [1.807, 2.05) is 24.3 Å².